The number of nitrogens with two attached hydrogens (primary N) is 1. The maximum atomic E-state index is 10.2. The molecule has 0 aliphatic carbocycles. The summed E-state index contributed by atoms with van der Waals surface area (Å²) in [7, 11) is 0. The predicted molar refractivity (Wildman–Crippen MR) is 82.8 cm³/mol. The smallest absolute Gasteiger partial charge is 0.0907 e. The number of aliphatic hydroxyl groups is 1. The minimum absolute atomic E-state index is 0.486. The van der Waals surface area contributed by atoms with Crippen molar-refractivity contribution in [1.29, 1.82) is 0 Å². The highest BCUT2D eigenvalue weighted by Gasteiger charge is 2.19. The van der Waals surface area contributed by atoms with Gasteiger partial charge in [-0.3, -0.25) is 0 Å². The van der Waals surface area contributed by atoms with Gasteiger partial charge in [-0.25, -0.2) is 4.98 Å². The SMILES string of the molecule is CCCC(C)(O)CNc1cc2nc(C)sc2cc1N. The van der Waals surface area contributed by atoms with Crippen LogP contribution in [0.4, 0.5) is 11.4 Å². The Labute approximate surface area is 117 Å². The average molecular weight is 279 g/mol. The highest BCUT2D eigenvalue weighted by molar-refractivity contribution is 7.18. The van der Waals surface area contributed by atoms with E-state index in [1.165, 1.54) is 0 Å². The lowest BCUT2D eigenvalue weighted by atomic mass is 10.0. The van der Waals surface area contributed by atoms with Gasteiger partial charge in [-0.1, -0.05) is 13.3 Å². The van der Waals surface area contributed by atoms with Gasteiger partial charge in [0.2, 0.25) is 0 Å². The van der Waals surface area contributed by atoms with Gasteiger partial charge in [0.05, 0.1) is 32.2 Å². The van der Waals surface area contributed by atoms with Crippen molar-refractivity contribution in [3.8, 4) is 0 Å². The number of anilines is 2. The minimum atomic E-state index is -0.714. The monoisotopic (exact) mass is 279 g/mol. The Morgan fingerprint density at radius 2 is 2.21 bits per heavy atom. The molecule has 2 aromatic rings. The first kappa shape index (κ1) is 14.1. The van der Waals surface area contributed by atoms with Gasteiger partial charge >= 0.3 is 0 Å². The third-order valence-electron chi connectivity index (χ3n) is 3.11. The van der Waals surface area contributed by atoms with Crippen molar-refractivity contribution in [3.63, 3.8) is 0 Å². The molecule has 2 rings (SSSR count). The summed E-state index contributed by atoms with van der Waals surface area (Å²) in [4.78, 5) is 4.46. The zero-order valence-corrected chi connectivity index (χ0v) is 12.5. The van der Waals surface area contributed by atoms with E-state index in [0.717, 1.165) is 33.8 Å². The number of hydrogen-bond donors (Lipinski definition) is 3. The Morgan fingerprint density at radius 1 is 1.47 bits per heavy atom. The molecule has 4 nitrogen and oxygen atoms in total. The van der Waals surface area contributed by atoms with Gasteiger partial charge in [0.15, 0.2) is 0 Å². The minimum Gasteiger partial charge on any atom is -0.397 e. The van der Waals surface area contributed by atoms with Gasteiger partial charge in [0, 0.05) is 6.54 Å². The van der Waals surface area contributed by atoms with Crippen LogP contribution in [0.5, 0.6) is 0 Å². The number of hydrogen-bond acceptors (Lipinski definition) is 5. The maximum absolute atomic E-state index is 10.2. The Bertz CT molecular complexity index is 577. The molecule has 1 atom stereocenters. The van der Waals surface area contributed by atoms with Crippen molar-refractivity contribution in [1.82, 2.24) is 4.98 Å². The predicted octanol–water partition coefficient (Wildman–Crippen LogP) is 3.15. The number of nitrogens with zero attached hydrogens (tertiary/aromatic N) is 1. The summed E-state index contributed by atoms with van der Waals surface area (Å²) >= 11 is 1.64. The molecule has 1 unspecified atom stereocenters. The molecule has 0 saturated heterocycles. The van der Waals surface area contributed by atoms with E-state index < -0.39 is 5.60 Å². The van der Waals surface area contributed by atoms with Crippen molar-refractivity contribution in [2.45, 2.75) is 39.2 Å². The normalized spacial score (nSPS) is 14.5. The highest BCUT2D eigenvalue weighted by atomic mass is 32.1. The van der Waals surface area contributed by atoms with E-state index in [9.17, 15) is 5.11 Å². The first-order chi connectivity index (χ1) is 8.91. The molecule has 0 aliphatic heterocycles. The van der Waals surface area contributed by atoms with E-state index in [0.29, 0.717) is 12.2 Å². The summed E-state index contributed by atoms with van der Waals surface area (Å²) in [5.74, 6) is 0. The van der Waals surface area contributed by atoms with Gasteiger partial charge in [0.25, 0.3) is 0 Å². The number of aryl methyl sites for hydroxylation is 1. The summed E-state index contributed by atoms with van der Waals surface area (Å²) in [6.45, 7) is 6.37. The summed E-state index contributed by atoms with van der Waals surface area (Å²) < 4.78 is 1.10. The molecule has 1 aromatic heterocycles. The van der Waals surface area contributed by atoms with Crippen molar-refractivity contribution < 1.29 is 5.11 Å². The zero-order valence-electron chi connectivity index (χ0n) is 11.7. The van der Waals surface area contributed by atoms with Crippen LogP contribution in [-0.4, -0.2) is 22.2 Å². The van der Waals surface area contributed by atoms with E-state index in [2.05, 4.69) is 17.2 Å². The molecule has 0 amide bonds. The lowest BCUT2D eigenvalue weighted by molar-refractivity contribution is 0.0637. The van der Waals surface area contributed by atoms with Crippen LogP contribution in [0.3, 0.4) is 0 Å². The summed E-state index contributed by atoms with van der Waals surface area (Å²) in [5.41, 5.74) is 7.81. The second-order valence-corrected chi connectivity index (χ2v) is 6.48. The fourth-order valence-electron chi connectivity index (χ4n) is 2.17. The molecule has 0 saturated carbocycles. The number of benzene rings is 1. The summed E-state index contributed by atoms with van der Waals surface area (Å²) in [6, 6.07) is 3.90. The second kappa shape index (κ2) is 5.35. The standard InChI is InChI=1S/C14H21N3OS/c1-4-5-14(3,18)8-16-11-7-12-13(6-10(11)15)19-9(2)17-12/h6-7,16,18H,4-5,8,15H2,1-3H3. The van der Waals surface area contributed by atoms with Crippen LogP contribution in [-0.2, 0) is 0 Å². The van der Waals surface area contributed by atoms with Gasteiger partial charge < -0.3 is 16.2 Å². The van der Waals surface area contributed by atoms with E-state index in [-0.39, 0.29) is 0 Å². The zero-order chi connectivity index (χ0) is 14.0. The largest absolute Gasteiger partial charge is 0.397 e. The van der Waals surface area contributed by atoms with Crippen molar-refractivity contribution >= 4 is 32.9 Å². The molecule has 1 aromatic carbocycles. The van der Waals surface area contributed by atoms with Gasteiger partial charge in [-0.15, -0.1) is 11.3 Å². The lowest BCUT2D eigenvalue weighted by Crippen LogP contribution is -2.33. The quantitative estimate of drug-likeness (QED) is 0.735. The number of rotatable bonds is 5. The molecule has 4 N–H and O–H groups in total. The number of nitrogen functional groups attached to an aromatic ring is 1. The molecule has 104 valence electrons. The first-order valence-electron chi connectivity index (χ1n) is 6.54. The number of aromatic nitrogens is 1. The molecule has 0 radical (unpaired) electrons. The van der Waals surface area contributed by atoms with Crippen LogP contribution in [0.1, 0.15) is 31.7 Å². The molecule has 0 bridgehead atoms. The van der Waals surface area contributed by atoms with Crippen LogP contribution >= 0.6 is 11.3 Å². The van der Waals surface area contributed by atoms with Crippen molar-refractivity contribution in [3.05, 3.63) is 17.1 Å². The number of fused-ring (bicyclic) bond motifs is 1. The molecule has 0 spiro atoms. The molecular weight excluding hydrogens is 258 g/mol. The molecule has 0 aliphatic rings. The lowest BCUT2D eigenvalue weighted by Gasteiger charge is -2.24. The van der Waals surface area contributed by atoms with Crippen LogP contribution in [0, 0.1) is 6.92 Å². The van der Waals surface area contributed by atoms with Crippen LogP contribution < -0.4 is 11.1 Å². The molecule has 1 heterocycles. The molecule has 5 heteroatoms. The van der Waals surface area contributed by atoms with E-state index in [1.54, 1.807) is 11.3 Å². The summed E-state index contributed by atoms with van der Waals surface area (Å²) in [6.07, 6.45) is 1.71. The number of thiazole rings is 1. The average Bonchev–Trinajstić information content (AvgIpc) is 2.65. The topological polar surface area (TPSA) is 71.2 Å². The number of nitrogens with one attached hydrogen (secondary N) is 1. The fraction of sp³-hybridized carbons (Fsp3) is 0.500. The van der Waals surface area contributed by atoms with Crippen LogP contribution in [0.15, 0.2) is 12.1 Å². The molecular formula is C14H21N3OS. The molecule has 19 heavy (non-hydrogen) atoms. The van der Waals surface area contributed by atoms with E-state index in [4.69, 9.17) is 5.73 Å². The van der Waals surface area contributed by atoms with Crippen molar-refractivity contribution in [2.75, 3.05) is 17.6 Å². The first-order valence-corrected chi connectivity index (χ1v) is 7.36. The second-order valence-electron chi connectivity index (χ2n) is 5.24. The van der Waals surface area contributed by atoms with Crippen LogP contribution in [0.2, 0.25) is 0 Å². The Morgan fingerprint density at radius 3 is 2.89 bits per heavy atom. The van der Waals surface area contributed by atoms with E-state index >= 15 is 0 Å². The van der Waals surface area contributed by atoms with Gasteiger partial charge in [-0.05, 0) is 32.4 Å². The third-order valence-corrected chi connectivity index (χ3v) is 4.05. The summed E-state index contributed by atoms with van der Waals surface area (Å²) in [5, 5.41) is 14.4. The van der Waals surface area contributed by atoms with E-state index in [1.807, 2.05) is 26.0 Å². The third kappa shape index (κ3) is 3.36. The fourth-order valence-corrected chi connectivity index (χ4v) is 3.03. The maximum Gasteiger partial charge on any atom is 0.0907 e. The Balaban J connectivity index is 2.18. The van der Waals surface area contributed by atoms with Gasteiger partial charge in [-0.2, -0.15) is 0 Å². The Hall–Kier alpha value is -1.33. The Kier molecular flexibility index (Phi) is 3.96. The van der Waals surface area contributed by atoms with Crippen LogP contribution in [0.25, 0.3) is 10.2 Å². The highest BCUT2D eigenvalue weighted by Crippen LogP contribution is 2.30. The molecule has 0 fully saturated rings. The van der Waals surface area contributed by atoms with Crippen molar-refractivity contribution in [2.24, 2.45) is 0 Å². The van der Waals surface area contributed by atoms with Gasteiger partial charge in [0.1, 0.15) is 0 Å².